The highest BCUT2D eigenvalue weighted by molar-refractivity contribution is 7.48. The van der Waals surface area contributed by atoms with Crippen LogP contribution in [0.5, 0.6) is 0 Å². The molecule has 1 heterocycles. The summed E-state index contributed by atoms with van der Waals surface area (Å²) >= 11 is 0. The van der Waals surface area contributed by atoms with Crippen molar-refractivity contribution in [1.82, 2.24) is 0 Å². The van der Waals surface area contributed by atoms with Gasteiger partial charge in [0, 0.05) is 0 Å². The van der Waals surface area contributed by atoms with Crippen LogP contribution in [0, 0.1) is 0 Å². The molecule has 0 aromatic carbocycles. The summed E-state index contributed by atoms with van der Waals surface area (Å²) in [6.07, 6.45) is -4.56. The maximum Gasteiger partial charge on any atom is 0.508 e. The Balaban J connectivity index is 2.85. The smallest absolute Gasteiger partial charge is 0.394 e. The number of rotatable bonds is 5. The Morgan fingerprint density at radius 2 is 1.94 bits per heavy atom. The molecule has 1 aliphatic heterocycles. The molecule has 0 aromatic rings. The van der Waals surface area contributed by atoms with Gasteiger partial charge in [-0.3, -0.25) is 10.3 Å². The van der Waals surface area contributed by atoms with Crippen molar-refractivity contribution in [2.45, 2.75) is 24.2 Å². The molecule has 1 saturated heterocycles. The Morgan fingerprint density at radius 3 is 2.29 bits per heavy atom. The normalized spacial score (nSPS) is 38.6. The largest absolute Gasteiger partial charge is 0.508 e. The lowest BCUT2D eigenvalue weighted by Gasteiger charge is -2.26. The van der Waals surface area contributed by atoms with Gasteiger partial charge in [-0.05, 0) is 0 Å². The van der Waals surface area contributed by atoms with Gasteiger partial charge >= 0.3 is 7.82 Å². The number of hydrogen-bond acceptors (Lipinski definition) is 11. The summed E-state index contributed by atoms with van der Waals surface area (Å²) in [7, 11) is -4.39. The molecule has 0 amide bonds. The standard InChI is InChI=1S/C5H14N3O8P/c6-5(11)4(3(10)2(1-9)13-5)14-17(12,15-7)16-8/h2-4,9-11H,1,6-8H2/t2-,3-,4-,5?/m1/s1. The molecule has 1 rings (SSSR count). The Bertz CT molecular complexity index is 306. The van der Waals surface area contributed by atoms with Gasteiger partial charge in [-0.1, -0.05) is 0 Å². The molecule has 4 atom stereocenters. The van der Waals surface area contributed by atoms with Gasteiger partial charge in [0.2, 0.25) is 0 Å². The second kappa shape index (κ2) is 5.22. The first-order chi connectivity index (χ1) is 7.79. The maximum absolute atomic E-state index is 11.4. The van der Waals surface area contributed by atoms with E-state index in [4.69, 9.17) is 10.8 Å². The van der Waals surface area contributed by atoms with Crippen molar-refractivity contribution >= 4 is 7.82 Å². The fraction of sp³-hybridized carbons (Fsp3) is 1.00. The van der Waals surface area contributed by atoms with Gasteiger partial charge in [0.1, 0.15) is 12.2 Å². The van der Waals surface area contributed by atoms with Gasteiger partial charge in [0.25, 0.3) is 5.91 Å². The van der Waals surface area contributed by atoms with Crippen LogP contribution in [-0.4, -0.2) is 46.1 Å². The highest BCUT2D eigenvalue weighted by Gasteiger charge is 2.55. The summed E-state index contributed by atoms with van der Waals surface area (Å²) in [6, 6.07) is 0. The number of nitrogens with two attached hydrogens (primary N) is 3. The Kier molecular flexibility index (Phi) is 4.57. The first-order valence-corrected chi connectivity index (χ1v) is 5.79. The number of ether oxygens (including phenoxy) is 1. The van der Waals surface area contributed by atoms with Crippen LogP contribution in [-0.2, 0) is 23.1 Å². The molecule has 1 fully saturated rings. The van der Waals surface area contributed by atoms with Crippen LogP contribution in [0.4, 0.5) is 0 Å². The number of aliphatic hydroxyl groups excluding tert-OH is 2. The second-order valence-electron chi connectivity index (χ2n) is 3.27. The Labute approximate surface area is 95.5 Å². The van der Waals surface area contributed by atoms with Gasteiger partial charge in [-0.25, -0.2) is 16.4 Å². The third-order valence-electron chi connectivity index (χ3n) is 2.12. The van der Waals surface area contributed by atoms with E-state index < -0.39 is 38.7 Å². The van der Waals surface area contributed by atoms with Gasteiger partial charge in [0.15, 0.2) is 6.10 Å². The van der Waals surface area contributed by atoms with E-state index in [0.29, 0.717) is 0 Å². The molecule has 17 heavy (non-hydrogen) atoms. The molecule has 12 heteroatoms. The average molecular weight is 275 g/mol. The molecule has 0 radical (unpaired) electrons. The van der Waals surface area contributed by atoms with Gasteiger partial charge < -0.3 is 20.1 Å². The van der Waals surface area contributed by atoms with E-state index in [1.165, 1.54) is 0 Å². The van der Waals surface area contributed by atoms with Crippen molar-refractivity contribution < 1.29 is 38.4 Å². The lowest BCUT2D eigenvalue weighted by atomic mass is 10.1. The summed E-state index contributed by atoms with van der Waals surface area (Å²) in [5, 5.41) is 27.9. The van der Waals surface area contributed by atoms with Crippen LogP contribution in [0.3, 0.4) is 0 Å². The summed E-state index contributed by atoms with van der Waals surface area (Å²) in [6.45, 7) is -0.655. The predicted octanol–water partition coefficient (Wildman–Crippen LogP) is -3.38. The molecule has 1 aliphatic rings. The zero-order chi connectivity index (χ0) is 13.3. The highest BCUT2D eigenvalue weighted by Crippen LogP contribution is 2.49. The fourth-order valence-electron chi connectivity index (χ4n) is 1.32. The van der Waals surface area contributed by atoms with E-state index in [-0.39, 0.29) is 0 Å². The van der Waals surface area contributed by atoms with Crippen LogP contribution in [0.15, 0.2) is 0 Å². The zero-order valence-electron chi connectivity index (χ0n) is 8.50. The third-order valence-corrected chi connectivity index (χ3v) is 3.12. The molecule has 0 spiro atoms. The van der Waals surface area contributed by atoms with E-state index in [1.54, 1.807) is 0 Å². The molecule has 0 saturated carbocycles. The molecular formula is C5H14N3O8P. The van der Waals surface area contributed by atoms with Crippen molar-refractivity contribution in [3.8, 4) is 0 Å². The fourth-order valence-corrected chi connectivity index (χ4v) is 2.02. The van der Waals surface area contributed by atoms with Gasteiger partial charge in [-0.2, -0.15) is 9.25 Å². The Morgan fingerprint density at radius 1 is 1.41 bits per heavy atom. The number of aliphatic hydroxyl groups is 3. The summed E-state index contributed by atoms with van der Waals surface area (Å²) in [5.41, 5.74) is 5.22. The molecule has 11 nitrogen and oxygen atoms in total. The number of hydrogen-bond donors (Lipinski definition) is 6. The predicted molar refractivity (Wildman–Crippen MR) is 50.1 cm³/mol. The molecule has 1 unspecified atom stereocenters. The van der Waals surface area contributed by atoms with E-state index in [1.807, 2.05) is 0 Å². The van der Waals surface area contributed by atoms with Crippen molar-refractivity contribution in [2.24, 2.45) is 17.5 Å². The average Bonchev–Trinajstić information content (AvgIpc) is 2.51. The minimum atomic E-state index is -4.39. The van der Waals surface area contributed by atoms with Crippen molar-refractivity contribution in [3.05, 3.63) is 0 Å². The second-order valence-corrected chi connectivity index (χ2v) is 4.79. The summed E-state index contributed by atoms with van der Waals surface area (Å²) in [5.74, 6) is 6.70. The van der Waals surface area contributed by atoms with Crippen molar-refractivity contribution in [2.75, 3.05) is 6.61 Å². The maximum atomic E-state index is 11.4. The van der Waals surface area contributed by atoms with Crippen LogP contribution in [0.25, 0.3) is 0 Å². The Hall–Kier alpha value is -0.170. The van der Waals surface area contributed by atoms with Crippen LogP contribution >= 0.6 is 7.82 Å². The summed E-state index contributed by atoms with van der Waals surface area (Å²) in [4.78, 5) is 0. The van der Waals surface area contributed by atoms with Crippen LogP contribution in [0.2, 0.25) is 0 Å². The van der Waals surface area contributed by atoms with E-state index in [2.05, 4.69) is 30.3 Å². The molecule has 102 valence electrons. The lowest BCUT2D eigenvalue weighted by Crippen LogP contribution is -2.52. The van der Waals surface area contributed by atoms with Crippen LogP contribution in [0.1, 0.15) is 0 Å². The molecule has 0 bridgehead atoms. The van der Waals surface area contributed by atoms with E-state index >= 15 is 0 Å². The van der Waals surface area contributed by atoms with Gasteiger partial charge in [-0.15, -0.1) is 0 Å². The van der Waals surface area contributed by atoms with Crippen molar-refractivity contribution in [3.63, 3.8) is 0 Å². The first-order valence-electron chi connectivity index (χ1n) is 4.33. The SMILES string of the molecule is NOP(=O)(ON)O[C@@H]1[C@H](O)[C@@H](CO)OC1(N)O. The topological polar surface area (TPSA) is 193 Å². The quantitative estimate of drug-likeness (QED) is 0.166. The van der Waals surface area contributed by atoms with Gasteiger partial charge in [0.05, 0.1) is 6.61 Å². The first kappa shape index (κ1) is 14.9. The lowest BCUT2D eigenvalue weighted by molar-refractivity contribution is -0.224. The van der Waals surface area contributed by atoms with E-state index in [9.17, 15) is 14.8 Å². The molecule has 0 aliphatic carbocycles. The molecular weight excluding hydrogens is 261 g/mol. The monoisotopic (exact) mass is 275 g/mol. The van der Waals surface area contributed by atoms with Crippen molar-refractivity contribution in [1.29, 1.82) is 0 Å². The molecule has 9 N–H and O–H groups in total. The number of phosphoric acid groups is 1. The minimum absolute atomic E-state index is 0.655. The van der Waals surface area contributed by atoms with E-state index in [0.717, 1.165) is 0 Å². The zero-order valence-corrected chi connectivity index (χ0v) is 9.40. The third kappa shape index (κ3) is 2.99. The highest BCUT2D eigenvalue weighted by atomic mass is 31.2. The minimum Gasteiger partial charge on any atom is -0.394 e. The molecule has 0 aromatic heterocycles. The van der Waals surface area contributed by atoms with Crippen LogP contribution < -0.4 is 17.5 Å². The summed E-state index contributed by atoms with van der Waals surface area (Å²) < 4.78 is 28.3.